The highest BCUT2D eigenvalue weighted by atomic mass is 35.5. The second-order valence-electron chi connectivity index (χ2n) is 6.52. The second-order valence-corrected chi connectivity index (χ2v) is 7.36. The van der Waals surface area contributed by atoms with Gasteiger partial charge in [0.25, 0.3) is 0 Å². The van der Waals surface area contributed by atoms with Crippen molar-refractivity contribution in [3.63, 3.8) is 0 Å². The molecule has 0 N–H and O–H groups in total. The average molecular weight is 425 g/mol. The molecule has 0 spiro atoms. The van der Waals surface area contributed by atoms with Crippen LogP contribution < -0.4 is 4.74 Å². The molecule has 0 radical (unpaired) electrons. The Morgan fingerprint density at radius 3 is 2.83 bits per heavy atom. The molecule has 0 bridgehead atoms. The SMILES string of the molecule is Cn1ncc2c1ncn1nc(-c3cccc(COc4ccc(Cl)cc4Cl)c3)nc21. The fourth-order valence-electron chi connectivity index (χ4n) is 3.11. The van der Waals surface area contributed by atoms with Crippen LogP contribution in [0.2, 0.25) is 10.0 Å². The Balaban J connectivity index is 1.45. The van der Waals surface area contributed by atoms with Crippen molar-refractivity contribution in [1.82, 2.24) is 29.4 Å². The van der Waals surface area contributed by atoms with Gasteiger partial charge in [0.1, 0.15) is 18.7 Å². The highest BCUT2D eigenvalue weighted by molar-refractivity contribution is 6.35. The lowest BCUT2D eigenvalue weighted by Gasteiger charge is -2.09. The van der Waals surface area contributed by atoms with Crippen LogP contribution in [0.5, 0.6) is 5.75 Å². The van der Waals surface area contributed by atoms with Gasteiger partial charge in [-0.2, -0.15) is 5.10 Å². The molecule has 5 aromatic rings. The normalized spacial score (nSPS) is 11.4. The molecular formula is C20H14Cl2N6O. The summed E-state index contributed by atoms with van der Waals surface area (Å²) in [6.45, 7) is 0.358. The molecule has 0 aliphatic carbocycles. The Bertz CT molecular complexity index is 1360. The molecule has 0 amide bonds. The highest BCUT2D eigenvalue weighted by Gasteiger charge is 2.13. The molecule has 9 heteroatoms. The van der Waals surface area contributed by atoms with Crippen LogP contribution in [0.25, 0.3) is 28.1 Å². The van der Waals surface area contributed by atoms with E-state index in [9.17, 15) is 0 Å². The van der Waals surface area contributed by atoms with E-state index in [1.807, 2.05) is 31.3 Å². The predicted octanol–water partition coefficient (Wildman–Crippen LogP) is 4.56. The summed E-state index contributed by atoms with van der Waals surface area (Å²) in [4.78, 5) is 9.08. The number of rotatable bonds is 4. The minimum atomic E-state index is 0.358. The number of benzene rings is 2. The monoisotopic (exact) mass is 424 g/mol. The summed E-state index contributed by atoms with van der Waals surface area (Å²) in [7, 11) is 1.85. The summed E-state index contributed by atoms with van der Waals surface area (Å²) in [5, 5.41) is 10.7. The Labute approximate surface area is 175 Å². The lowest BCUT2D eigenvalue weighted by Crippen LogP contribution is -1.96. The van der Waals surface area contributed by atoms with Gasteiger partial charge in [-0.05, 0) is 29.8 Å². The van der Waals surface area contributed by atoms with E-state index in [4.69, 9.17) is 27.9 Å². The van der Waals surface area contributed by atoms with E-state index < -0.39 is 0 Å². The van der Waals surface area contributed by atoms with Gasteiger partial charge in [-0.15, -0.1) is 5.10 Å². The summed E-state index contributed by atoms with van der Waals surface area (Å²) in [6.07, 6.45) is 3.39. The molecule has 0 aliphatic rings. The number of halogens is 2. The maximum atomic E-state index is 6.17. The molecule has 0 atom stereocenters. The van der Waals surface area contributed by atoms with Crippen LogP contribution in [0.4, 0.5) is 0 Å². The second kappa shape index (κ2) is 7.02. The Kier molecular flexibility index (Phi) is 4.34. The topological polar surface area (TPSA) is 70.1 Å². The summed E-state index contributed by atoms with van der Waals surface area (Å²) >= 11 is 12.1. The minimum absolute atomic E-state index is 0.358. The van der Waals surface area contributed by atoms with Gasteiger partial charge in [0.2, 0.25) is 0 Å². The average Bonchev–Trinajstić information content (AvgIpc) is 3.31. The van der Waals surface area contributed by atoms with Crippen LogP contribution in [-0.2, 0) is 13.7 Å². The van der Waals surface area contributed by atoms with E-state index in [-0.39, 0.29) is 0 Å². The van der Waals surface area contributed by atoms with Crippen molar-refractivity contribution in [2.45, 2.75) is 6.61 Å². The smallest absolute Gasteiger partial charge is 0.182 e. The molecule has 29 heavy (non-hydrogen) atoms. The molecule has 3 heterocycles. The molecule has 3 aromatic heterocycles. The van der Waals surface area contributed by atoms with Gasteiger partial charge >= 0.3 is 0 Å². The third-order valence-electron chi connectivity index (χ3n) is 4.54. The van der Waals surface area contributed by atoms with Crippen molar-refractivity contribution < 1.29 is 4.74 Å². The molecule has 0 fully saturated rings. The van der Waals surface area contributed by atoms with Crippen molar-refractivity contribution in [2.75, 3.05) is 0 Å². The standard InChI is InChI=1S/C20H14Cl2N6O/c1-27-19-15(9-24-27)20-25-18(26-28(20)11-23-19)13-4-2-3-12(7-13)10-29-17-6-5-14(21)8-16(17)22/h2-9,11H,10H2,1H3. The fourth-order valence-corrected chi connectivity index (χ4v) is 3.58. The number of fused-ring (bicyclic) bond motifs is 3. The van der Waals surface area contributed by atoms with E-state index in [1.165, 1.54) is 0 Å². The van der Waals surface area contributed by atoms with Crippen molar-refractivity contribution >= 4 is 39.9 Å². The highest BCUT2D eigenvalue weighted by Crippen LogP contribution is 2.28. The van der Waals surface area contributed by atoms with E-state index in [0.29, 0.717) is 33.9 Å². The Morgan fingerprint density at radius 1 is 1.07 bits per heavy atom. The molecule has 0 saturated heterocycles. The van der Waals surface area contributed by atoms with Gasteiger partial charge in [-0.1, -0.05) is 41.4 Å². The number of hydrogen-bond donors (Lipinski definition) is 0. The molecule has 7 nitrogen and oxygen atoms in total. The van der Waals surface area contributed by atoms with Gasteiger partial charge in [0.15, 0.2) is 17.1 Å². The van der Waals surface area contributed by atoms with Gasteiger partial charge in [-0.25, -0.2) is 14.5 Å². The van der Waals surface area contributed by atoms with Gasteiger partial charge in [0.05, 0.1) is 16.6 Å². The molecular weight excluding hydrogens is 411 g/mol. The zero-order valence-corrected chi connectivity index (χ0v) is 16.8. The lowest BCUT2D eigenvalue weighted by molar-refractivity contribution is 0.306. The first-order valence-corrected chi connectivity index (χ1v) is 9.54. The largest absolute Gasteiger partial charge is 0.487 e. The van der Waals surface area contributed by atoms with E-state index in [0.717, 1.165) is 22.2 Å². The van der Waals surface area contributed by atoms with Gasteiger partial charge < -0.3 is 4.74 Å². The Hall–Kier alpha value is -3.16. The van der Waals surface area contributed by atoms with Gasteiger partial charge in [-0.3, -0.25) is 4.68 Å². The number of nitrogens with zero attached hydrogens (tertiary/aromatic N) is 6. The zero-order chi connectivity index (χ0) is 20.0. The van der Waals surface area contributed by atoms with Crippen molar-refractivity contribution in [3.8, 4) is 17.1 Å². The quantitative estimate of drug-likeness (QED) is 0.422. The predicted molar refractivity (Wildman–Crippen MR) is 111 cm³/mol. The molecule has 144 valence electrons. The summed E-state index contributed by atoms with van der Waals surface area (Å²) in [5.74, 6) is 1.19. The van der Waals surface area contributed by atoms with E-state index >= 15 is 0 Å². The lowest BCUT2D eigenvalue weighted by atomic mass is 10.1. The molecule has 0 aliphatic heterocycles. The first-order valence-electron chi connectivity index (χ1n) is 8.79. The van der Waals surface area contributed by atoms with Crippen LogP contribution in [0.3, 0.4) is 0 Å². The number of aryl methyl sites for hydroxylation is 1. The first-order chi connectivity index (χ1) is 14.1. The van der Waals surface area contributed by atoms with Crippen LogP contribution in [-0.4, -0.2) is 29.4 Å². The summed E-state index contributed by atoms with van der Waals surface area (Å²) < 4.78 is 9.20. The van der Waals surface area contributed by atoms with Crippen LogP contribution >= 0.6 is 23.2 Å². The molecule has 2 aromatic carbocycles. The third-order valence-corrected chi connectivity index (χ3v) is 5.07. The van der Waals surface area contributed by atoms with Crippen molar-refractivity contribution in [1.29, 1.82) is 0 Å². The van der Waals surface area contributed by atoms with Gasteiger partial charge in [0, 0.05) is 17.6 Å². The third kappa shape index (κ3) is 3.28. The molecule has 5 rings (SSSR count). The maximum Gasteiger partial charge on any atom is 0.182 e. The number of aromatic nitrogens is 6. The zero-order valence-electron chi connectivity index (χ0n) is 15.3. The minimum Gasteiger partial charge on any atom is -0.487 e. The number of ether oxygens (including phenoxy) is 1. The van der Waals surface area contributed by atoms with Crippen LogP contribution in [0, 0.1) is 0 Å². The molecule has 0 unspecified atom stereocenters. The maximum absolute atomic E-state index is 6.17. The van der Waals surface area contributed by atoms with Crippen LogP contribution in [0.15, 0.2) is 55.0 Å². The summed E-state index contributed by atoms with van der Waals surface area (Å²) in [5.41, 5.74) is 3.33. The molecule has 0 saturated carbocycles. The number of hydrogen-bond acceptors (Lipinski definition) is 5. The van der Waals surface area contributed by atoms with Crippen molar-refractivity contribution in [3.05, 3.63) is 70.6 Å². The summed E-state index contributed by atoms with van der Waals surface area (Å²) in [6, 6.07) is 13.0. The van der Waals surface area contributed by atoms with E-state index in [2.05, 4.69) is 20.2 Å². The van der Waals surface area contributed by atoms with Crippen LogP contribution in [0.1, 0.15) is 5.56 Å². The first kappa shape index (κ1) is 17.9. The Morgan fingerprint density at radius 2 is 1.97 bits per heavy atom. The fraction of sp³-hybridized carbons (Fsp3) is 0.100. The van der Waals surface area contributed by atoms with Crippen molar-refractivity contribution in [2.24, 2.45) is 7.05 Å². The van der Waals surface area contributed by atoms with E-state index in [1.54, 1.807) is 39.9 Å².